The third-order valence-electron chi connectivity index (χ3n) is 5.41. The van der Waals surface area contributed by atoms with Crippen molar-refractivity contribution in [1.82, 2.24) is 20.0 Å². The number of nitrogens with zero attached hydrogens (tertiary/aromatic N) is 3. The molecule has 2 atom stereocenters. The van der Waals surface area contributed by atoms with Crippen LogP contribution in [0.4, 0.5) is 0 Å². The summed E-state index contributed by atoms with van der Waals surface area (Å²) in [5.41, 5.74) is 5.47. The summed E-state index contributed by atoms with van der Waals surface area (Å²) in [5, 5.41) is 2.77. The third-order valence-corrected chi connectivity index (χ3v) is 5.41. The number of nitrogens with two attached hydrogens (primary N) is 1. The Hall–Kier alpha value is -1.71. The standard InChI is InChI=1S/C19H35N5O4/c1-14(2)19(27)23(7-6-22-8-10-28-11-9-22)16-12-17(18(26)21-5-4-20)24(13-16)15(3)25/h14,16-17H,4-13,20H2,1-3H3,(H,21,26). The molecule has 2 aliphatic rings. The lowest BCUT2D eigenvalue weighted by Gasteiger charge is -2.34. The molecule has 9 nitrogen and oxygen atoms in total. The number of hydrogen-bond acceptors (Lipinski definition) is 6. The topological polar surface area (TPSA) is 108 Å². The third kappa shape index (κ3) is 5.89. The predicted octanol–water partition coefficient (Wildman–Crippen LogP) is -1.13. The van der Waals surface area contributed by atoms with Crippen molar-refractivity contribution in [2.24, 2.45) is 11.7 Å². The minimum absolute atomic E-state index is 0.0600. The highest BCUT2D eigenvalue weighted by Gasteiger charge is 2.42. The van der Waals surface area contributed by atoms with Crippen LogP contribution in [0.25, 0.3) is 0 Å². The Morgan fingerprint density at radius 3 is 2.50 bits per heavy atom. The molecule has 2 fully saturated rings. The molecular formula is C19H35N5O4. The number of rotatable bonds is 8. The first kappa shape index (κ1) is 22.6. The first-order valence-corrected chi connectivity index (χ1v) is 10.2. The number of ether oxygens (including phenoxy) is 1. The molecule has 0 saturated carbocycles. The predicted molar refractivity (Wildman–Crippen MR) is 105 cm³/mol. The van der Waals surface area contributed by atoms with Gasteiger partial charge in [0.2, 0.25) is 17.7 Å². The molecule has 2 heterocycles. The average Bonchev–Trinajstić information content (AvgIpc) is 3.12. The largest absolute Gasteiger partial charge is 0.379 e. The smallest absolute Gasteiger partial charge is 0.242 e. The van der Waals surface area contributed by atoms with E-state index in [4.69, 9.17) is 10.5 Å². The zero-order valence-electron chi connectivity index (χ0n) is 17.4. The maximum Gasteiger partial charge on any atom is 0.242 e. The molecule has 0 aromatic carbocycles. The lowest BCUT2D eigenvalue weighted by molar-refractivity contribution is -0.138. The van der Waals surface area contributed by atoms with Crippen LogP contribution in [0.3, 0.4) is 0 Å². The summed E-state index contributed by atoms with van der Waals surface area (Å²) in [6, 6.07) is -0.714. The van der Waals surface area contributed by atoms with Crippen LogP contribution in [0.1, 0.15) is 27.2 Å². The molecule has 0 spiro atoms. The molecule has 2 unspecified atom stereocenters. The summed E-state index contributed by atoms with van der Waals surface area (Å²) in [6.07, 6.45) is 0.456. The summed E-state index contributed by atoms with van der Waals surface area (Å²) in [6.45, 7) is 10.8. The Kier molecular flexibility index (Phi) is 8.65. The quantitative estimate of drug-likeness (QED) is 0.536. The van der Waals surface area contributed by atoms with E-state index >= 15 is 0 Å². The minimum Gasteiger partial charge on any atom is -0.379 e. The Labute approximate surface area is 167 Å². The Morgan fingerprint density at radius 1 is 1.25 bits per heavy atom. The molecule has 0 radical (unpaired) electrons. The van der Waals surface area contributed by atoms with Crippen LogP contribution < -0.4 is 11.1 Å². The van der Waals surface area contributed by atoms with Crippen molar-refractivity contribution in [3.63, 3.8) is 0 Å². The van der Waals surface area contributed by atoms with Gasteiger partial charge in [-0.3, -0.25) is 19.3 Å². The number of morpholine rings is 1. The fourth-order valence-electron chi connectivity index (χ4n) is 3.83. The van der Waals surface area contributed by atoms with Crippen LogP contribution in [0, 0.1) is 5.92 Å². The molecule has 0 aromatic heterocycles. The van der Waals surface area contributed by atoms with E-state index in [0.29, 0.717) is 45.8 Å². The number of hydrogen-bond donors (Lipinski definition) is 2. The van der Waals surface area contributed by atoms with Gasteiger partial charge in [0.1, 0.15) is 6.04 Å². The zero-order valence-corrected chi connectivity index (χ0v) is 17.4. The molecule has 9 heteroatoms. The molecule has 28 heavy (non-hydrogen) atoms. The van der Waals surface area contributed by atoms with Crippen LogP contribution in [-0.2, 0) is 19.1 Å². The van der Waals surface area contributed by atoms with Gasteiger partial charge in [0, 0.05) is 58.7 Å². The molecule has 160 valence electrons. The van der Waals surface area contributed by atoms with Gasteiger partial charge in [-0.1, -0.05) is 13.8 Å². The molecule has 2 saturated heterocycles. The first-order chi connectivity index (χ1) is 13.3. The lowest BCUT2D eigenvalue weighted by Crippen LogP contribution is -2.49. The van der Waals surface area contributed by atoms with Crippen LogP contribution in [0.2, 0.25) is 0 Å². The van der Waals surface area contributed by atoms with Gasteiger partial charge in [-0.2, -0.15) is 0 Å². The van der Waals surface area contributed by atoms with E-state index in [1.54, 1.807) is 4.90 Å². The summed E-state index contributed by atoms with van der Waals surface area (Å²) >= 11 is 0. The van der Waals surface area contributed by atoms with E-state index in [-0.39, 0.29) is 29.7 Å². The average molecular weight is 398 g/mol. The van der Waals surface area contributed by atoms with E-state index in [1.165, 1.54) is 6.92 Å². The maximum absolute atomic E-state index is 12.9. The van der Waals surface area contributed by atoms with E-state index in [0.717, 1.165) is 19.6 Å². The van der Waals surface area contributed by atoms with Gasteiger partial charge in [0.25, 0.3) is 0 Å². The van der Waals surface area contributed by atoms with Gasteiger partial charge in [0.05, 0.1) is 19.3 Å². The SMILES string of the molecule is CC(=O)N1CC(N(CCN2CCOCC2)C(=O)C(C)C)CC1C(=O)NCCN. The van der Waals surface area contributed by atoms with Crippen molar-refractivity contribution in [3.05, 3.63) is 0 Å². The van der Waals surface area contributed by atoms with E-state index in [9.17, 15) is 14.4 Å². The van der Waals surface area contributed by atoms with Crippen LogP contribution in [0.15, 0.2) is 0 Å². The van der Waals surface area contributed by atoms with E-state index < -0.39 is 6.04 Å². The Balaban J connectivity index is 2.08. The molecule has 0 aliphatic carbocycles. The summed E-state index contributed by atoms with van der Waals surface area (Å²) in [4.78, 5) is 43.2. The zero-order chi connectivity index (χ0) is 20.7. The normalized spacial score (nSPS) is 23.1. The monoisotopic (exact) mass is 397 g/mol. The van der Waals surface area contributed by atoms with E-state index in [1.807, 2.05) is 18.7 Å². The number of carbonyl (C=O) groups excluding carboxylic acids is 3. The van der Waals surface area contributed by atoms with Gasteiger partial charge in [-0.05, 0) is 6.42 Å². The highest BCUT2D eigenvalue weighted by molar-refractivity contribution is 5.88. The molecule has 3 amide bonds. The lowest BCUT2D eigenvalue weighted by atomic mass is 10.1. The van der Waals surface area contributed by atoms with Gasteiger partial charge < -0.3 is 25.6 Å². The van der Waals surface area contributed by atoms with Gasteiger partial charge in [-0.25, -0.2) is 0 Å². The Morgan fingerprint density at radius 2 is 1.93 bits per heavy atom. The molecule has 3 N–H and O–H groups in total. The van der Waals surface area contributed by atoms with Crippen molar-refractivity contribution in [3.8, 4) is 0 Å². The second kappa shape index (κ2) is 10.7. The first-order valence-electron chi connectivity index (χ1n) is 10.2. The fraction of sp³-hybridized carbons (Fsp3) is 0.842. The number of likely N-dealkylation sites (tertiary alicyclic amines) is 1. The molecule has 0 bridgehead atoms. The van der Waals surface area contributed by atoms with Crippen LogP contribution >= 0.6 is 0 Å². The number of nitrogens with one attached hydrogen (secondary N) is 1. The second-order valence-electron chi connectivity index (χ2n) is 7.80. The summed E-state index contributed by atoms with van der Waals surface area (Å²) < 4.78 is 5.39. The fourth-order valence-corrected chi connectivity index (χ4v) is 3.83. The summed E-state index contributed by atoms with van der Waals surface area (Å²) in [5.74, 6) is -0.431. The van der Waals surface area contributed by atoms with Crippen LogP contribution in [-0.4, -0.2) is 104 Å². The highest BCUT2D eigenvalue weighted by atomic mass is 16.5. The molecule has 2 aliphatic heterocycles. The highest BCUT2D eigenvalue weighted by Crippen LogP contribution is 2.24. The second-order valence-corrected chi connectivity index (χ2v) is 7.80. The Bertz CT molecular complexity index is 550. The molecule has 0 aromatic rings. The maximum atomic E-state index is 12.9. The van der Waals surface area contributed by atoms with Crippen molar-refractivity contribution in [2.45, 2.75) is 39.3 Å². The van der Waals surface area contributed by atoms with E-state index in [2.05, 4.69) is 10.2 Å². The van der Waals surface area contributed by atoms with Crippen molar-refractivity contribution < 1.29 is 19.1 Å². The minimum atomic E-state index is -0.556. The van der Waals surface area contributed by atoms with Gasteiger partial charge in [-0.15, -0.1) is 0 Å². The molecule has 2 rings (SSSR count). The number of amides is 3. The van der Waals surface area contributed by atoms with Crippen molar-refractivity contribution >= 4 is 17.7 Å². The summed E-state index contributed by atoms with van der Waals surface area (Å²) in [7, 11) is 0. The number of carbonyl (C=O) groups is 3. The van der Waals surface area contributed by atoms with Crippen LogP contribution in [0.5, 0.6) is 0 Å². The molecular weight excluding hydrogens is 362 g/mol. The van der Waals surface area contributed by atoms with Crippen molar-refractivity contribution in [1.29, 1.82) is 0 Å². The van der Waals surface area contributed by atoms with Crippen molar-refractivity contribution in [2.75, 3.05) is 59.0 Å². The van der Waals surface area contributed by atoms with Gasteiger partial charge >= 0.3 is 0 Å². The van der Waals surface area contributed by atoms with Gasteiger partial charge in [0.15, 0.2) is 0 Å².